The molecule has 0 unspecified atom stereocenters. The summed E-state index contributed by atoms with van der Waals surface area (Å²) in [7, 11) is 0. The van der Waals surface area contributed by atoms with Gasteiger partial charge in [0, 0.05) is 6.07 Å². The minimum atomic E-state index is -0.165. The highest BCUT2D eigenvalue weighted by molar-refractivity contribution is 6.08. The largest absolute Gasteiger partial charge is 0.489 e. The van der Waals surface area contributed by atoms with Gasteiger partial charge in [0.1, 0.15) is 37.1 Å². The maximum Gasteiger partial charge on any atom is 0.189 e. The van der Waals surface area contributed by atoms with Crippen LogP contribution >= 0.6 is 0 Å². The quantitative estimate of drug-likeness (QED) is 0.183. The van der Waals surface area contributed by atoms with Crippen LogP contribution in [0, 0.1) is 0 Å². The van der Waals surface area contributed by atoms with Gasteiger partial charge in [0.15, 0.2) is 5.78 Å². The van der Waals surface area contributed by atoms with Gasteiger partial charge in [0.25, 0.3) is 0 Å². The Morgan fingerprint density at radius 1 is 0.848 bits per heavy atom. The second kappa shape index (κ2) is 13.6. The van der Waals surface area contributed by atoms with Gasteiger partial charge >= 0.3 is 0 Å². The molecule has 2 rings (SSSR count). The first-order valence-electron chi connectivity index (χ1n) is 10.8. The van der Waals surface area contributed by atoms with Crippen molar-refractivity contribution in [2.45, 2.75) is 20.3 Å². The van der Waals surface area contributed by atoms with Gasteiger partial charge in [-0.15, -0.1) is 0 Å². The molecule has 4 heteroatoms. The normalized spacial score (nSPS) is 10.4. The van der Waals surface area contributed by atoms with Crippen molar-refractivity contribution in [2.75, 3.05) is 19.8 Å². The van der Waals surface area contributed by atoms with E-state index in [0.29, 0.717) is 30.3 Å². The molecule has 0 bridgehead atoms. The molecule has 33 heavy (non-hydrogen) atoms. The summed E-state index contributed by atoms with van der Waals surface area (Å²) in [5.74, 6) is 1.70. The number of allylic oxidation sites excluding steroid dienone is 3. The summed E-state index contributed by atoms with van der Waals surface area (Å²) < 4.78 is 17.0. The van der Waals surface area contributed by atoms with E-state index in [0.717, 1.165) is 23.3 Å². The molecule has 4 nitrogen and oxygen atoms in total. The fourth-order valence-corrected chi connectivity index (χ4v) is 2.95. The third-order valence-electron chi connectivity index (χ3n) is 4.54. The molecule has 0 atom stereocenters. The number of hydrogen-bond acceptors (Lipinski definition) is 4. The van der Waals surface area contributed by atoms with Crippen molar-refractivity contribution in [3.05, 3.63) is 109 Å². The van der Waals surface area contributed by atoms with Crippen LogP contribution in [0.15, 0.2) is 92.1 Å². The summed E-state index contributed by atoms with van der Waals surface area (Å²) in [6.07, 6.45) is 11.2. The molecule has 0 N–H and O–H groups in total. The maximum atomic E-state index is 12.9. The molecule has 0 radical (unpaired) electrons. The molecule has 2 aromatic carbocycles. The van der Waals surface area contributed by atoms with Gasteiger partial charge in [-0.3, -0.25) is 4.79 Å². The first-order chi connectivity index (χ1) is 16.0. The number of rotatable bonds is 14. The molecule has 0 spiro atoms. The third-order valence-corrected chi connectivity index (χ3v) is 4.54. The highest BCUT2D eigenvalue weighted by Gasteiger charge is 2.12. The minimum absolute atomic E-state index is 0.165. The highest BCUT2D eigenvalue weighted by Crippen LogP contribution is 2.27. The molecule has 0 fully saturated rings. The summed E-state index contributed by atoms with van der Waals surface area (Å²) >= 11 is 0. The molecule has 0 saturated heterocycles. The first-order valence-corrected chi connectivity index (χ1v) is 10.8. The van der Waals surface area contributed by atoms with E-state index in [9.17, 15) is 4.79 Å². The topological polar surface area (TPSA) is 44.8 Å². The van der Waals surface area contributed by atoms with Crippen LogP contribution in [0.25, 0.3) is 6.08 Å². The standard InChI is InChI=1S/C29H32O4/c1-6-17-31-25-13-14-26(29(21-25)33-19-8-3)27(30)15-10-23-11-16-28(32-18-7-2)24(20-23)12-9-22(4)5/h6-11,13-16,20-21H,1-3,12,17-19H2,4-5H3/b15-10+. The average Bonchev–Trinajstić information content (AvgIpc) is 2.82. The molecular formula is C29H32O4. The number of ketones is 1. The number of carbonyl (C=O) groups is 1. The molecule has 0 amide bonds. The summed E-state index contributed by atoms with van der Waals surface area (Å²) in [5, 5.41) is 0. The summed E-state index contributed by atoms with van der Waals surface area (Å²) in [4.78, 5) is 12.9. The first kappa shape index (κ1) is 25.5. The molecule has 2 aromatic rings. The Bertz CT molecular complexity index is 1040. The predicted octanol–water partition coefficient (Wildman–Crippen LogP) is 6.79. The summed E-state index contributed by atoms with van der Waals surface area (Å²) in [6, 6.07) is 11.0. The minimum Gasteiger partial charge on any atom is -0.489 e. The summed E-state index contributed by atoms with van der Waals surface area (Å²) in [5.41, 5.74) is 3.64. The Balaban J connectivity index is 2.28. The van der Waals surface area contributed by atoms with Crippen LogP contribution < -0.4 is 14.2 Å². The van der Waals surface area contributed by atoms with Gasteiger partial charge in [0.2, 0.25) is 0 Å². The summed E-state index contributed by atoms with van der Waals surface area (Å²) in [6.45, 7) is 16.2. The fraction of sp³-hybridized carbons (Fsp3) is 0.207. The Morgan fingerprint density at radius 3 is 2.18 bits per heavy atom. The molecule has 0 aliphatic heterocycles. The Hall–Kier alpha value is -3.79. The van der Waals surface area contributed by atoms with Gasteiger partial charge in [-0.2, -0.15) is 0 Å². The van der Waals surface area contributed by atoms with Crippen molar-refractivity contribution in [2.24, 2.45) is 0 Å². The maximum absolute atomic E-state index is 12.9. The van der Waals surface area contributed by atoms with Gasteiger partial charge < -0.3 is 14.2 Å². The predicted molar refractivity (Wildman–Crippen MR) is 136 cm³/mol. The van der Waals surface area contributed by atoms with Crippen LogP contribution in [0.4, 0.5) is 0 Å². The Morgan fingerprint density at radius 2 is 1.52 bits per heavy atom. The molecule has 0 saturated carbocycles. The monoisotopic (exact) mass is 444 g/mol. The Labute approximate surface area is 197 Å². The van der Waals surface area contributed by atoms with Crippen molar-refractivity contribution >= 4 is 11.9 Å². The van der Waals surface area contributed by atoms with E-state index in [2.05, 4.69) is 39.7 Å². The SMILES string of the molecule is C=CCOc1ccc(C(=O)/C=C/c2ccc(OCC=C)c(CC=C(C)C)c2)c(OCC=C)c1. The number of hydrogen-bond donors (Lipinski definition) is 0. The van der Waals surface area contributed by atoms with Crippen molar-refractivity contribution < 1.29 is 19.0 Å². The zero-order valence-corrected chi connectivity index (χ0v) is 19.5. The molecule has 0 aromatic heterocycles. The lowest BCUT2D eigenvalue weighted by molar-refractivity contribution is 0.104. The van der Waals surface area contributed by atoms with Crippen LogP contribution in [0.3, 0.4) is 0 Å². The number of benzene rings is 2. The van der Waals surface area contributed by atoms with E-state index in [4.69, 9.17) is 14.2 Å². The van der Waals surface area contributed by atoms with Crippen molar-refractivity contribution in [1.29, 1.82) is 0 Å². The van der Waals surface area contributed by atoms with E-state index in [1.165, 1.54) is 5.57 Å². The lowest BCUT2D eigenvalue weighted by atomic mass is 10.0. The van der Waals surface area contributed by atoms with Crippen LogP contribution in [-0.2, 0) is 6.42 Å². The zero-order valence-electron chi connectivity index (χ0n) is 19.5. The average molecular weight is 445 g/mol. The van der Waals surface area contributed by atoms with Crippen LogP contribution in [0.5, 0.6) is 17.2 Å². The van der Waals surface area contributed by atoms with E-state index in [-0.39, 0.29) is 12.4 Å². The van der Waals surface area contributed by atoms with Gasteiger partial charge in [-0.25, -0.2) is 0 Å². The lowest BCUT2D eigenvalue weighted by Gasteiger charge is -2.11. The number of carbonyl (C=O) groups excluding carboxylic acids is 1. The van der Waals surface area contributed by atoms with E-state index in [1.807, 2.05) is 18.2 Å². The molecule has 172 valence electrons. The Kier molecular flexibility index (Phi) is 10.5. The fourth-order valence-electron chi connectivity index (χ4n) is 2.95. The molecule has 0 aliphatic carbocycles. The second-order valence-electron chi connectivity index (χ2n) is 7.51. The zero-order chi connectivity index (χ0) is 24.1. The van der Waals surface area contributed by atoms with Gasteiger partial charge in [0.05, 0.1) is 5.56 Å². The van der Waals surface area contributed by atoms with E-state index in [1.54, 1.807) is 48.6 Å². The van der Waals surface area contributed by atoms with Gasteiger partial charge in [-0.1, -0.05) is 61.8 Å². The smallest absolute Gasteiger partial charge is 0.189 e. The third kappa shape index (κ3) is 8.34. The van der Waals surface area contributed by atoms with Crippen LogP contribution in [0.2, 0.25) is 0 Å². The van der Waals surface area contributed by atoms with Gasteiger partial charge in [-0.05, 0) is 61.7 Å². The van der Waals surface area contributed by atoms with Crippen molar-refractivity contribution in [3.8, 4) is 17.2 Å². The molecule has 0 heterocycles. The van der Waals surface area contributed by atoms with Crippen LogP contribution in [0.1, 0.15) is 35.3 Å². The van der Waals surface area contributed by atoms with Crippen molar-refractivity contribution in [3.63, 3.8) is 0 Å². The van der Waals surface area contributed by atoms with Crippen molar-refractivity contribution in [1.82, 2.24) is 0 Å². The second-order valence-corrected chi connectivity index (χ2v) is 7.51. The van der Waals surface area contributed by atoms with E-state index >= 15 is 0 Å². The van der Waals surface area contributed by atoms with E-state index < -0.39 is 0 Å². The molecular weight excluding hydrogens is 412 g/mol. The number of ether oxygens (including phenoxy) is 3. The van der Waals surface area contributed by atoms with Crippen LogP contribution in [-0.4, -0.2) is 25.6 Å². The molecule has 0 aliphatic rings. The highest BCUT2D eigenvalue weighted by atomic mass is 16.5. The lowest BCUT2D eigenvalue weighted by Crippen LogP contribution is -2.03.